The highest BCUT2D eigenvalue weighted by Crippen LogP contribution is 2.24. The summed E-state index contributed by atoms with van der Waals surface area (Å²) in [4.78, 5) is 38.8. The topological polar surface area (TPSA) is 78.5 Å². The third-order valence-corrected chi connectivity index (χ3v) is 5.15. The fraction of sp³-hybridized carbons (Fsp3) is 0.160. The largest absolute Gasteiger partial charge is 0.385 e. The van der Waals surface area contributed by atoms with Gasteiger partial charge in [-0.1, -0.05) is 42.5 Å². The molecule has 0 saturated carbocycles. The van der Waals surface area contributed by atoms with E-state index in [0.29, 0.717) is 23.2 Å². The second kappa shape index (κ2) is 9.26. The Morgan fingerprint density at radius 2 is 1.45 bits per heavy atom. The van der Waals surface area contributed by atoms with Gasteiger partial charge < -0.3 is 10.6 Å². The zero-order valence-corrected chi connectivity index (χ0v) is 17.0. The molecule has 0 aromatic heterocycles. The Hall–Kier alpha value is -3.93. The van der Waals surface area contributed by atoms with Gasteiger partial charge in [0.15, 0.2) is 0 Å². The van der Waals surface area contributed by atoms with Gasteiger partial charge in [-0.2, -0.15) is 0 Å². The number of hydrogen-bond acceptors (Lipinski definition) is 4. The van der Waals surface area contributed by atoms with E-state index in [9.17, 15) is 14.4 Å². The number of hydrogen-bond donors (Lipinski definition) is 2. The molecule has 0 bridgehead atoms. The van der Waals surface area contributed by atoms with Crippen LogP contribution in [-0.4, -0.2) is 35.7 Å². The highest BCUT2D eigenvalue weighted by molar-refractivity contribution is 6.21. The molecule has 4 rings (SSSR count). The van der Waals surface area contributed by atoms with Gasteiger partial charge in [-0.3, -0.25) is 19.3 Å². The molecule has 1 aliphatic rings. The van der Waals surface area contributed by atoms with Crippen LogP contribution in [0.5, 0.6) is 0 Å². The van der Waals surface area contributed by atoms with Crippen molar-refractivity contribution in [3.63, 3.8) is 0 Å². The summed E-state index contributed by atoms with van der Waals surface area (Å²) < 4.78 is 0. The van der Waals surface area contributed by atoms with Gasteiger partial charge in [0, 0.05) is 24.3 Å². The number of carbonyl (C=O) groups is 3. The van der Waals surface area contributed by atoms with E-state index in [1.165, 1.54) is 4.90 Å². The highest BCUT2D eigenvalue weighted by Gasteiger charge is 2.34. The van der Waals surface area contributed by atoms with Crippen molar-refractivity contribution < 1.29 is 14.4 Å². The number of benzene rings is 3. The predicted molar refractivity (Wildman–Crippen MR) is 119 cm³/mol. The maximum Gasteiger partial charge on any atom is 0.261 e. The lowest BCUT2D eigenvalue weighted by atomic mass is 10.1. The lowest BCUT2D eigenvalue weighted by Crippen LogP contribution is -2.29. The van der Waals surface area contributed by atoms with E-state index in [2.05, 4.69) is 10.6 Å². The van der Waals surface area contributed by atoms with Crippen LogP contribution in [0.25, 0.3) is 0 Å². The first kappa shape index (κ1) is 20.3. The maximum absolute atomic E-state index is 12.6. The van der Waals surface area contributed by atoms with Crippen molar-refractivity contribution in [3.8, 4) is 0 Å². The normalized spacial score (nSPS) is 12.6. The number of imide groups is 1. The van der Waals surface area contributed by atoms with Crippen molar-refractivity contribution in [3.05, 3.63) is 101 Å². The van der Waals surface area contributed by atoms with Crippen molar-refractivity contribution >= 4 is 23.4 Å². The molecule has 0 saturated heterocycles. The second-order valence-electron chi connectivity index (χ2n) is 7.34. The summed E-state index contributed by atoms with van der Waals surface area (Å²) in [7, 11) is 0. The molecule has 1 aliphatic heterocycles. The van der Waals surface area contributed by atoms with Crippen LogP contribution in [0, 0.1) is 0 Å². The van der Waals surface area contributed by atoms with Gasteiger partial charge >= 0.3 is 0 Å². The van der Waals surface area contributed by atoms with Crippen LogP contribution < -0.4 is 10.6 Å². The lowest BCUT2D eigenvalue weighted by molar-refractivity contribution is 0.0642. The molecule has 2 N–H and O–H groups in total. The Morgan fingerprint density at radius 1 is 0.774 bits per heavy atom. The molecule has 0 spiro atoms. The Morgan fingerprint density at radius 3 is 2.16 bits per heavy atom. The smallest absolute Gasteiger partial charge is 0.261 e. The van der Waals surface area contributed by atoms with Crippen LogP contribution in [0.15, 0.2) is 78.9 Å². The molecule has 3 amide bonds. The molecule has 0 radical (unpaired) electrons. The number of nitrogens with zero attached hydrogens (tertiary/aromatic N) is 1. The van der Waals surface area contributed by atoms with Crippen LogP contribution in [0.1, 0.15) is 43.1 Å². The molecule has 6 nitrogen and oxygen atoms in total. The molecule has 0 fully saturated rings. The van der Waals surface area contributed by atoms with Gasteiger partial charge in [0.2, 0.25) is 0 Å². The van der Waals surface area contributed by atoms with Crippen molar-refractivity contribution in [2.75, 3.05) is 18.4 Å². The first-order chi connectivity index (χ1) is 15.1. The average molecular weight is 413 g/mol. The third kappa shape index (κ3) is 4.64. The zero-order chi connectivity index (χ0) is 21.6. The standard InChI is InChI=1S/C25H23N3O3/c29-23(27-15-7-14-26-20-10-2-1-3-11-20)19-9-6-8-18(16-19)17-28-24(30)21-12-4-5-13-22(21)25(28)31/h1-6,8-13,16,26H,7,14-15,17H2,(H,27,29). The van der Waals surface area contributed by atoms with Crippen LogP contribution >= 0.6 is 0 Å². The number of amides is 3. The van der Waals surface area contributed by atoms with Gasteiger partial charge in [0.05, 0.1) is 17.7 Å². The van der Waals surface area contributed by atoms with Gasteiger partial charge in [0.1, 0.15) is 0 Å². The molecule has 3 aromatic rings. The van der Waals surface area contributed by atoms with Crippen LogP contribution in [0.2, 0.25) is 0 Å². The fourth-order valence-corrected chi connectivity index (χ4v) is 3.56. The molecule has 3 aromatic carbocycles. The summed E-state index contributed by atoms with van der Waals surface area (Å²) >= 11 is 0. The summed E-state index contributed by atoms with van der Waals surface area (Å²) in [6.07, 6.45) is 0.787. The number of fused-ring (bicyclic) bond motifs is 1. The summed E-state index contributed by atoms with van der Waals surface area (Å²) in [5.74, 6) is -0.785. The van der Waals surface area contributed by atoms with Gasteiger partial charge in [-0.05, 0) is 48.4 Å². The minimum atomic E-state index is -0.304. The molecule has 6 heteroatoms. The SMILES string of the molecule is O=C(NCCCNc1ccccc1)c1cccc(CN2C(=O)c3ccccc3C2=O)c1. The summed E-state index contributed by atoms with van der Waals surface area (Å²) in [6.45, 7) is 1.43. The van der Waals surface area contributed by atoms with Gasteiger partial charge in [-0.15, -0.1) is 0 Å². The molecular weight excluding hydrogens is 390 g/mol. The molecule has 0 atom stereocenters. The quantitative estimate of drug-likeness (QED) is 0.436. The molecule has 1 heterocycles. The fourth-order valence-electron chi connectivity index (χ4n) is 3.56. The van der Waals surface area contributed by atoms with Crippen molar-refractivity contribution in [2.45, 2.75) is 13.0 Å². The minimum absolute atomic E-state index is 0.133. The van der Waals surface area contributed by atoms with Crippen molar-refractivity contribution in [1.82, 2.24) is 10.2 Å². The van der Waals surface area contributed by atoms with Gasteiger partial charge in [-0.25, -0.2) is 0 Å². The Balaban J connectivity index is 1.30. The first-order valence-electron chi connectivity index (χ1n) is 10.2. The van der Waals surface area contributed by atoms with E-state index >= 15 is 0 Å². The molecule has 0 aliphatic carbocycles. The Kier molecular flexibility index (Phi) is 6.08. The molecule has 31 heavy (non-hydrogen) atoms. The van der Waals surface area contributed by atoms with E-state index in [1.54, 1.807) is 42.5 Å². The van der Waals surface area contributed by atoms with Crippen LogP contribution in [0.3, 0.4) is 0 Å². The van der Waals surface area contributed by atoms with E-state index < -0.39 is 0 Å². The summed E-state index contributed by atoms with van der Waals surface area (Å²) in [6, 6.07) is 23.7. The number of carbonyl (C=O) groups excluding carboxylic acids is 3. The highest BCUT2D eigenvalue weighted by atomic mass is 16.2. The molecule has 156 valence electrons. The average Bonchev–Trinajstić information content (AvgIpc) is 3.05. The monoisotopic (exact) mass is 413 g/mol. The first-order valence-corrected chi connectivity index (χ1v) is 10.2. The summed E-state index contributed by atoms with van der Waals surface area (Å²) in [5, 5.41) is 6.21. The number of para-hydroxylation sites is 1. The Bertz CT molecular complexity index is 1080. The number of anilines is 1. The number of nitrogens with one attached hydrogen (secondary N) is 2. The lowest BCUT2D eigenvalue weighted by Gasteiger charge is -2.14. The van der Waals surface area contributed by atoms with Crippen LogP contribution in [-0.2, 0) is 6.54 Å². The molecule has 0 unspecified atom stereocenters. The van der Waals surface area contributed by atoms with Crippen molar-refractivity contribution in [1.29, 1.82) is 0 Å². The van der Waals surface area contributed by atoms with E-state index in [1.807, 2.05) is 36.4 Å². The predicted octanol–water partition coefficient (Wildman–Crippen LogP) is 3.71. The zero-order valence-electron chi connectivity index (χ0n) is 17.0. The van der Waals surface area contributed by atoms with Crippen molar-refractivity contribution in [2.24, 2.45) is 0 Å². The number of rotatable bonds is 8. The minimum Gasteiger partial charge on any atom is -0.385 e. The van der Waals surface area contributed by atoms with Gasteiger partial charge in [0.25, 0.3) is 17.7 Å². The maximum atomic E-state index is 12.6. The second-order valence-corrected chi connectivity index (χ2v) is 7.34. The Labute approximate surface area is 180 Å². The third-order valence-electron chi connectivity index (χ3n) is 5.15. The van der Waals surface area contributed by atoms with E-state index in [4.69, 9.17) is 0 Å². The molecular formula is C25H23N3O3. The van der Waals surface area contributed by atoms with Crippen LogP contribution in [0.4, 0.5) is 5.69 Å². The van der Waals surface area contributed by atoms with E-state index in [0.717, 1.165) is 24.2 Å². The summed E-state index contributed by atoms with van der Waals surface area (Å²) in [5.41, 5.74) is 3.13. The van der Waals surface area contributed by atoms with E-state index in [-0.39, 0.29) is 24.3 Å².